The molecule has 0 saturated heterocycles. The lowest BCUT2D eigenvalue weighted by Crippen LogP contribution is -1.92. The molecule has 98 valence electrons. The molecule has 0 amide bonds. The van der Waals surface area contributed by atoms with E-state index in [-0.39, 0.29) is 11.4 Å². The van der Waals surface area contributed by atoms with Crippen molar-refractivity contribution in [1.29, 1.82) is 0 Å². The summed E-state index contributed by atoms with van der Waals surface area (Å²) in [6.07, 6.45) is 0. The van der Waals surface area contributed by atoms with Crippen molar-refractivity contribution in [2.75, 3.05) is 7.11 Å². The van der Waals surface area contributed by atoms with Crippen molar-refractivity contribution in [1.82, 2.24) is 0 Å². The van der Waals surface area contributed by atoms with Gasteiger partial charge in [-0.1, -0.05) is 6.07 Å². The van der Waals surface area contributed by atoms with Crippen LogP contribution < -0.4 is 9.47 Å². The van der Waals surface area contributed by atoms with E-state index in [0.29, 0.717) is 11.5 Å². The first-order valence-electron chi connectivity index (χ1n) is 5.35. The zero-order valence-electron chi connectivity index (χ0n) is 10.00. The lowest BCUT2D eigenvalue weighted by Gasteiger charge is -2.07. The lowest BCUT2D eigenvalue weighted by molar-refractivity contribution is -0.385. The first kappa shape index (κ1) is 12.8. The highest BCUT2D eigenvalue weighted by Gasteiger charge is 2.11. The molecule has 0 bridgehead atoms. The highest BCUT2D eigenvalue weighted by Crippen LogP contribution is 2.28. The highest BCUT2D eigenvalue weighted by molar-refractivity contribution is 5.42. The van der Waals surface area contributed by atoms with Gasteiger partial charge in [0.2, 0.25) is 0 Å². The number of rotatable bonds is 4. The molecule has 0 aromatic heterocycles. The molecule has 0 fully saturated rings. The Kier molecular flexibility index (Phi) is 3.61. The van der Waals surface area contributed by atoms with E-state index in [1.807, 2.05) is 0 Å². The molecule has 0 aliphatic heterocycles. The fourth-order valence-electron chi connectivity index (χ4n) is 1.51. The van der Waals surface area contributed by atoms with Crippen LogP contribution in [-0.4, -0.2) is 12.0 Å². The van der Waals surface area contributed by atoms with Crippen LogP contribution in [0.1, 0.15) is 0 Å². The topological polar surface area (TPSA) is 61.6 Å². The van der Waals surface area contributed by atoms with Gasteiger partial charge in [0.05, 0.1) is 24.2 Å². The van der Waals surface area contributed by atoms with Gasteiger partial charge in [-0.05, 0) is 12.1 Å². The molecule has 2 rings (SSSR count). The largest absolute Gasteiger partial charge is 0.497 e. The minimum absolute atomic E-state index is 0.0555. The Labute approximate surface area is 108 Å². The molecular formula is C13H10FNO4. The van der Waals surface area contributed by atoms with Crippen LogP contribution in [-0.2, 0) is 0 Å². The number of nitrogens with zero attached hydrogens (tertiary/aromatic N) is 1. The zero-order valence-corrected chi connectivity index (χ0v) is 10.00. The Morgan fingerprint density at radius 1 is 1.11 bits per heavy atom. The van der Waals surface area contributed by atoms with Crippen molar-refractivity contribution < 1.29 is 18.8 Å². The molecule has 0 atom stereocenters. The quantitative estimate of drug-likeness (QED) is 0.625. The third-order valence-corrected chi connectivity index (χ3v) is 2.34. The van der Waals surface area contributed by atoms with Crippen molar-refractivity contribution in [2.45, 2.75) is 0 Å². The number of non-ortho nitro benzene ring substituents is 1. The predicted octanol–water partition coefficient (Wildman–Crippen LogP) is 3.53. The fraction of sp³-hybridized carbons (Fsp3) is 0.0769. The second-order valence-electron chi connectivity index (χ2n) is 3.68. The van der Waals surface area contributed by atoms with Crippen molar-refractivity contribution in [2.24, 2.45) is 0 Å². The maximum Gasteiger partial charge on any atom is 0.276 e. The molecule has 0 aliphatic rings. The molecule has 0 radical (unpaired) electrons. The van der Waals surface area contributed by atoms with Gasteiger partial charge in [0.25, 0.3) is 5.69 Å². The van der Waals surface area contributed by atoms with Crippen LogP contribution in [0.4, 0.5) is 10.1 Å². The van der Waals surface area contributed by atoms with Crippen LogP contribution in [0.5, 0.6) is 17.2 Å². The van der Waals surface area contributed by atoms with Crippen molar-refractivity contribution in [3.05, 3.63) is 58.4 Å². The Hall–Kier alpha value is -2.63. The Bertz CT molecular complexity index is 615. The predicted molar refractivity (Wildman–Crippen MR) is 66.1 cm³/mol. The van der Waals surface area contributed by atoms with Gasteiger partial charge in [-0.25, -0.2) is 4.39 Å². The molecule has 0 heterocycles. The van der Waals surface area contributed by atoms with Crippen LogP contribution in [0, 0.1) is 15.9 Å². The molecule has 0 saturated carbocycles. The number of ether oxygens (including phenoxy) is 2. The van der Waals surface area contributed by atoms with Crippen LogP contribution >= 0.6 is 0 Å². The standard InChI is InChI=1S/C13H10FNO4/c1-18-11-3-2-4-12(8-11)19-13-6-9(14)5-10(7-13)15(16)17/h2-8H,1H3. The third-order valence-electron chi connectivity index (χ3n) is 2.34. The second-order valence-corrected chi connectivity index (χ2v) is 3.68. The first-order chi connectivity index (χ1) is 9.08. The summed E-state index contributed by atoms with van der Waals surface area (Å²) in [5.74, 6) is 0.301. The Morgan fingerprint density at radius 2 is 1.84 bits per heavy atom. The van der Waals surface area contributed by atoms with Gasteiger partial charge in [-0.2, -0.15) is 0 Å². The molecule has 2 aromatic rings. The van der Waals surface area contributed by atoms with Gasteiger partial charge in [0.15, 0.2) is 0 Å². The van der Waals surface area contributed by atoms with Crippen LogP contribution in [0.25, 0.3) is 0 Å². The number of hydrogen-bond donors (Lipinski definition) is 0. The summed E-state index contributed by atoms with van der Waals surface area (Å²) in [6, 6.07) is 9.71. The van der Waals surface area contributed by atoms with Crippen molar-refractivity contribution >= 4 is 5.69 Å². The Balaban J connectivity index is 2.29. The maximum atomic E-state index is 13.2. The van der Waals surface area contributed by atoms with Crippen molar-refractivity contribution in [3.8, 4) is 17.2 Å². The summed E-state index contributed by atoms with van der Waals surface area (Å²) in [5, 5.41) is 10.6. The number of halogens is 1. The molecule has 5 nitrogen and oxygen atoms in total. The number of nitro groups is 1. The number of benzene rings is 2. The van der Waals surface area contributed by atoms with Gasteiger partial charge < -0.3 is 9.47 Å². The van der Waals surface area contributed by atoms with Crippen molar-refractivity contribution in [3.63, 3.8) is 0 Å². The van der Waals surface area contributed by atoms with Gasteiger partial charge >= 0.3 is 0 Å². The summed E-state index contributed by atoms with van der Waals surface area (Å²) in [4.78, 5) is 9.94. The van der Waals surface area contributed by atoms with E-state index in [2.05, 4.69) is 0 Å². The molecule has 0 N–H and O–H groups in total. The van der Waals surface area contributed by atoms with E-state index in [0.717, 1.165) is 18.2 Å². The smallest absolute Gasteiger partial charge is 0.276 e. The minimum Gasteiger partial charge on any atom is -0.497 e. The highest BCUT2D eigenvalue weighted by atomic mass is 19.1. The first-order valence-corrected chi connectivity index (χ1v) is 5.35. The number of nitro benzene ring substituents is 1. The number of hydrogen-bond acceptors (Lipinski definition) is 4. The molecule has 19 heavy (non-hydrogen) atoms. The van der Waals surface area contributed by atoms with E-state index >= 15 is 0 Å². The van der Waals surface area contributed by atoms with Gasteiger partial charge in [0.1, 0.15) is 23.1 Å². The van der Waals surface area contributed by atoms with E-state index in [1.54, 1.807) is 24.3 Å². The SMILES string of the molecule is COc1cccc(Oc2cc(F)cc([N+](=O)[O-])c2)c1. The van der Waals surface area contributed by atoms with Gasteiger partial charge in [0, 0.05) is 12.1 Å². The maximum absolute atomic E-state index is 13.2. The van der Waals surface area contributed by atoms with Crippen LogP contribution in [0.2, 0.25) is 0 Å². The molecule has 0 unspecified atom stereocenters. The molecule has 6 heteroatoms. The summed E-state index contributed by atoms with van der Waals surface area (Å²) in [5.41, 5.74) is -0.363. The summed E-state index contributed by atoms with van der Waals surface area (Å²) >= 11 is 0. The van der Waals surface area contributed by atoms with Gasteiger partial charge in [-0.3, -0.25) is 10.1 Å². The molecular weight excluding hydrogens is 253 g/mol. The summed E-state index contributed by atoms with van der Waals surface area (Å²) in [6.45, 7) is 0. The molecule has 2 aromatic carbocycles. The molecule has 0 spiro atoms. The second kappa shape index (κ2) is 5.34. The minimum atomic E-state index is -0.730. The monoisotopic (exact) mass is 263 g/mol. The Morgan fingerprint density at radius 3 is 2.53 bits per heavy atom. The summed E-state index contributed by atoms with van der Waals surface area (Å²) in [7, 11) is 1.51. The lowest BCUT2D eigenvalue weighted by atomic mass is 10.3. The van der Waals surface area contributed by atoms with Crippen LogP contribution in [0.3, 0.4) is 0 Å². The summed E-state index contributed by atoms with van der Waals surface area (Å²) < 4.78 is 23.6. The van der Waals surface area contributed by atoms with Gasteiger partial charge in [-0.15, -0.1) is 0 Å². The average molecular weight is 263 g/mol. The van der Waals surface area contributed by atoms with E-state index in [9.17, 15) is 14.5 Å². The van der Waals surface area contributed by atoms with Crippen LogP contribution in [0.15, 0.2) is 42.5 Å². The van der Waals surface area contributed by atoms with E-state index in [4.69, 9.17) is 9.47 Å². The normalized spacial score (nSPS) is 10.0. The van der Waals surface area contributed by atoms with E-state index < -0.39 is 10.7 Å². The fourth-order valence-corrected chi connectivity index (χ4v) is 1.51. The average Bonchev–Trinajstić information content (AvgIpc) is 2.38. The third kappa shape index (κ3) is 3.19. The van der Waals surface area contributed by atoms with E-state index in [1.165, 1.54) is 7.11 Å². The molecule has 0 aliphatic carbocycles. The number of methoxy groups -OCH3 is 1. The zero-order chi connectivity index (χ0) is 13.8.